The first-order valence-electron chi connectivity index (χ1n) is 7.36. The first kappa shape index (κ1) is 14.8. The molecule has 2 aliphatic heterocycles. The monoisotopic (exact) mass is 299 g/mol. The largest absolute Gasteiger partial charge is 0.416 e. The highest BCUT2D eigenvalue weighted by atomic mass is 19.4. The molecule has 21 heavy (non-hydrogen) atoms. The fourth-order valence-corrected chi connectivity index (χ4v) is 3.13. The average Bonchev–Trinajstić information content (AvgIpc) is 2.43. The minimum atomic E-state index is -4.26. The minimum absolute atomic E-state index is 0.378. The van der Waals surface area contributed by atoms with Crippen molar-refractivity contribution in [2.45, 2.75) is 18.8 Å². The van der Waals surface area contributed by atoms with Crippen LogP contribution in [-0.4, -0.2) is 55.1 Å². The number of hydrogen-bond donors (Lipinski definition) is 1. The summed E-state index contributed by atoms with van der Waals surface area (Å²) in [6, 6.07) is 6.39. The Kier molecular flexibility index (Phi) is 4.19. The molecule has 0 amide bonds. The lowest BCUT2D eigenvalue weighted by molar-refractivity contribution is -0.138. The van der Waals surface area contributed by atoms with E-state index in [4.69, 9.17) is 0 Å². The third kappa shape index (κ3) is 3.39. The molecule has 116 valence electrons. The van der Waals surface area contributed by atoms with Gasteiger partial charge in [-0.2, -0.15) is 13.2 Å². The Morgan fingerprint density at radius 2 is 1.76 bits per heavy atom. The SMILES string of the molecule is FC(F)(F)c1ccccc1CN1CC(N2CCNCC2)C1. The van der Waals surface area contributed by atoms with Gasteiger partial charge in [-0.15, -0.1) is 0 Å². The van der Waals surface area contributed by atoms with Crippen molar-refractivity contribution in [3.05, 3.63) is 35.4 Å². The van der Waals surface area contributed by atoms with E-state index in [0.717, 1.165) is 39.3 Å². The summed E-state index contributed by atoms with van der Waals surface area (Å²) in [4.78, 5) is 4.53. The van der Waals surface area contributed by atoms with Crippen LogP contribution in [0.15, 0.2) is 24.3 Å². The molecular weight excluding hydrogens is 279 g/mol. The number of nitrogens with one attached hydrogen (secondary N) is 1. The Morgan fingerprint density at radius 1 is 1.10 bits per heavy atom. The molecule has 0 saturated carbocycles. The van der Waals surface area contributed by atoms with Gasteiger partial charge in [0.25, 0.3) is 0 Å². The molecule has 2 heterocycles. The van der Waals surface area contributed by atoms with E-state index in [1.165, 1.54) is 12.1 Å². The maximum atomic E-state index is 13.0. The van der Waals surface area contributed by atoms with E-state index in [-0.39, 0.29) is 0 Å². The van der Waals surface area contributed by atoms with Crippen LogP contribution in [0.2, 0.25) is 0 Å². The third-order valence-electron chi connectivity index (χ3n) is 4.32. The summed E-state index contributed by atoms with van der Waals surface area (Å²) in [6.45, 7) is 6.22. The third-order valence-corrected chi connectivity index (χ3v) is 4.32. The van der Waals surface area contributed by atoms with Gasteiger partial charge >= 0.3 is 6.18 Å². The van der Waals surface area contributed by atoms with E-state index < -0.39 is 11.7 Å². The topological polar surface area (TPSA) is 18.5 Å². The van der Waals surface area contributed by atoms with Gasteiger partial charge in [-0.1, -0.05) is 18.2 Å². The normalized spacial score (nSPS) is 22.2. The Morgan fingerprint density at radius 3 is 2.43 bits per heavy atom. The Hall–Kier alpha value is -1.11. The van der Waals surface area contributed by atoms with E-state index >= 15 is 0 Å². The molecule has 6 heteroatoms. The van der Waals surface area contributed by atoms with Crippen LogP contribution >= 0.6 is 0 Å². The van der Waals surface area contributed by atoms with Gasteiger partial charge in [0.1, 0.15) is 0 Å². The van der Waals surface area contributed by atoms with Crippen LogP contribution in [0.5, 0.6) is 0 Å². The second kappa shape index (κ2) is 5.94. The van der Waals surface area contributed by atoms with Crippen LogP contribution in [0, 0.1) is 0 Å². The number of piperazine rings is 1. The number of halogens is 3. The lowest BCUT2D eigenvalue weighted by atomic mass is 10.0. The molecule has 2 aliphatic rings. The molecule has 1 N–H and O–H groups in total. The van der Waals surface area contributed by atoms with Crippen LogP contribution in [0.25, 0.3) is 0 Å². The molecule has 3 rings (SSSR count). The summed E-state index contributed by atoms with van der Waals surface area (Å²) < 4.78 is 38.9. The molecule has 0 radical (unpaired) electrons. The predicted molar refractivity (Wildman–Crippen MR) is 75.0 cm³/mol. The molecule has 2 saturated heterocycles. The van der Waals surface area contributed by atoms with Crippen molar-refractivity contribution >= 4 is 0 Å². The van der Waals surface area contributed by atoms with E-state index in [1.54, 1.807) is 12.1 Å². The quantitative estimate of drug-likeness (QED) is 0.918. The van der Waals surface area contributed by atoms with Gasteiger partial charge in [0, 0.05) is 51.9 Å². The maximum Gasteiger partial charge on any atom is 0.416 e. The summed E-state index contributed by atoms with van der Waals surface area (Å²) in [6.07, 6.45) is -4.26. The first-order valence-corrected chi connectivity index (χ1v) is 7.36. The molecule has 3 nitrogen and oxygen atoms in total. The van der Waals surface area contributed by atoms with Crippen LogP contribution in [-0.2, 0) is 12.7 Å². The molecule has 0 spiro atoms. The molecule has 0 aromatic heterocycles. The van der Waals surface area contributed by atoms with Crippen LogP contribution in [0.4, 0.5) is 13.2 Å². The van der Waals surface area contributed by atoms with Gasteiger partial charge in [-0.25, -0.2) is 0 Å². The second-order valence-corrected chi connectivity index (χ2v) is 5.79. The number of likely N-dealkylation sites (tertiary alicyclic amines) is 1. The lowest BCUT2D eigenvalue weighted by Gasteiger charge is -2.47. The smallest absolute Gasteiger partial charge is 0.314 e. The average molecular weight is 299 g/mol. The summed E-state index contributed by atoms with van der Waals surface area (Å²) >= 11 is 0. The van der Waals surface area contributed by atoms with Crippen LogP contribution < -0.4 is 5.32 Å². The first-order chi connectivity index (χ1) is 10.0. The Bertz CT molecular complexity index is 477. The number of benzene rings is 1. The fourth-order valence-electron chi connectivity index (χ4n) is 3.13. The number of rotatable bonds is 3. The van der Waals surface area contributed by atoms with Crippen molar-refractivity contribution in [2.75, 3.05) is 39.3 Å². The number of hydrogen-bond acceptors (Lipinski definition) is 3. The van der Waals surface area contributed by atoms with Crippen LogP contribution in [0.1, 0.15) is 11.1 Å². The molecule has 0 aliphatic carbocycles. The molecule has 1 aromatic carbocycles. The summed E-state index contributed by atoms with van der Waals surface area (Å²) in [7, 11) is 0. The molecule has 0 unspecified atom stereocenters. The molecular formula is C15H20F3N3. The van der Waals surface area contributed by atoms with Gasteiger partial charge in [-0.05, 0) is 11.6 Å². The van der Waals surface area contributed by atoms with Crippen molar-refractivity contribution in [3.8, 4) is 0 Å². The fraction of sp³-hybridized carbons (Fsp3) is 0.600. The number of alkyl halides is 3. The second-order valence-electron chi connectivity index (χ2n) is 5.79. The molecule has 0 bridgehead atoms. The Balaban J connectivity index is 1.57. The van der Waals surface area contributed by atoms with E-state index in [2.05, 4.69) is 15.1 Å². The van der Waals surface area contributed by atoms with E-state index in [0.29, 0.717) is 18.2 Å². The highest BCUT2D eigenvalue weighted by molar-refractivity contribution is 5.29. The zero-order chi connectivity index (χ0) is 14.9. The van der Waals surface area contributed by atoms with Gasteiger partial charge in [0.05, 0.1) is 5.56 Å². The maximum absolute atomic E-state index is 13.0. The predicted octanol–water partition coefficient (Wildman–Crippen LogP) is 1.79. The Labute approximate surface area is 122 Å². The van der Waals surface area contributed by atoms with Crippen molar-refractivity contribution in [2.24, 2.45) is 0 Å². The van der Waals surface area contributed by atoms with Crippen molar-refractivity contribution in [3.63, 3.8) is 0 Å². The van der Waals surface area contributed by atoms with Crippen molar-refractivity contribution < 1.29 is 13.2 Å². The lowest BCUT2D eigenvalue weighted by Crippen LogP contribution is -2.62. The highest BCUT2D eigenvalue weighted by Crippen LogP contribution is 2.33. The van der Waals surface area contributed by atoms with E-state index in [1.807, 2.05) is 0 Å². The summed E-state index contributed by atoms with van der Waals surface area (Å²) in [5.74, 6) is 0. The van der Waals surface area contributed by atoms with Crippen molar-refractivity contribution in [1.29, 1.82) is 0 Å². The summed E-state index contributed by atoms with van der Waals surface area (Å²) in [5.41, 5.74) is -0.126. The molecule has 1 aromatic rings. The summed E-state index contributed by atoms with van der Waals surface area (Å²) in [5, 5.41) is 3.31. The zero-order valence-electron chi connectivity index (χ0n) is 11.9. The van der Waals surface area contributed by atoms with E-state index in [9.17, 15) is 13.2 Å². The highest BCUT2D eigenvalue weighted by Gasteiger charge is 2.36. The zero-order valence-corrected chi connectivity index (χ0v) is 11.9. The number of nitrogens with zero attached hydrogens (tertiary/aromatic N) is 2. The van der Waals surface area contributed by atoms with Crippen LogP contribution in [0.3, 0.4) is 0 Å². The molecule has 2 fully saturated rings. The van der Waals surface area contributed by atoms with Gasteiger partial charge < -0.3 is 5.32 Å². The van der Waals surface area contributed by atoms with Gasteiger partial charge in [0.15, 0.2) is 0 Å². The standard InChI is InChI=1S/C15H20F3N3/c16-15(17,18)14-4-2-1-3-12(14)9-20-10-13(11-20)21-7-5-19-6-8-21/h1-4,13,19H,5-11H2. The van der Waals surface area contributed by atoms with Gasteiger partial charge in [-0.3, -0.25) is 9.80 Å². The minimum Gasteiger partial charge on any atom is -0.314 e. The van der Waals surface area contributed by atoms with Gasteiger partial charge in [0.2, 0.25) is 0 Å². The molecule has 0 atom stereocenters. The van der Waals surface area contributed by atoms with Crippen molar-refractivity contribution in [1.82, 2.24) is 15.1 Å².